The zero-order valence-electron chi connectivity index (χ0n) is 17.4. The van der Waals surface area contributed by atoms with Crippen molar-refractivity contribution >= 4 is 28.2 Å². The van der Waals surface area contributed by atoms with Gasteiger partial charge in [-0.2, -0.15) is 0 Å². The summed E-state index contributed by atoms with van der Waals surface area (Å²) in [6, 6.07) is 5.88. The van der Waals surface area contributed by atoms with Gasteiger partial charge in [-0.05, 0) is 38.5 Å². The summed E-state index contributed by atoms with van der Waals surface area (Å²) in [4.78, 5) is 27.4. The van der Waals surface area contributed by atoms with Crippen molar-refractivity contribution in [2.24, 2.45) is 0 Å². The van der Waals surface area contributed by atoms with E-state index >= 15 is 0 Å². The van der Waals surface area contributed by atoms with Crippen LogP contribution in [0.5, 0.6) is 0 Å². The number of carbonyl (C=O) groups excluding carboxylic acids is 2. The Morgan fingerprint density at radius 3 is 2.53 bits per heavy atom. The van der Waals surface area contributed by atoms with Crippen molar-refractivity contribution in [1.29, 1.82) is 0 Å². The highest BCUT2D eigenvalue weighted by molar-refractivity contribution is 7.15. The Morgan fingerprint density at radius 2 is 1.90 bits per heavy atom. The summed E-state index contributed by atoms with van der Waals surface area (Å²) in [6.45, 7) is 8.20. The lowest BCUT2D eigenvalue weighted by atomic mass is 10.0. The van der Waals surface area contributed by atoms with Gasteiger partial charge in [0.05, 0.1) is 18.8 Å². The molecule has 6 nitrogen and oxygen atoms in total. The quantitative estimate of drug-likeness (QED) is 0.663. The summed E-state index contributed by atoms with van der Waals surface area (Å²) in [5.74, 6) is -1.03. The van der Waals surface area contributed by atoms with Crippen LogP contribution in [0.3, 0.4) is 0 Å². The third kappa shape index (κ3) is 5.65. The van der Waals surface area contributed by atoms with E-state index in [4.69, 9.17) is 9.47 Å². The number of nitrogens with zero attached hydrogens (tertiary/aromatic N) is 1. The van der Waals surface area contributed by atoms with Gasteiger partial charge in [-0.15, -0.1) is 11.3 Å². The zero-order chi connectivity index (χ0) is 21.7. The van der Waals surface area contributed by atoms with Crippen LogP contribution in [-0.2, 0) is 14.3 Å². The van der Waals surface area contributed by atoms with Crippen LogP contribution in [0.2, 0.25) is 0 Å². The van der Waals surface area contributed by atoms with Crippen molar-refractivity contribution in [1.82, 2.24) is 4.90 Å². The molecular formula is C22H27FN2O4S. The molecular weight excluding hydrogens is 407 g/mol. The van der Waals surface area contributed by atoms with Crippen molar-refractivity contribution in [3.8, 4) is 11.1 Å². The first-order chi connectivity index (χ1) is 14.4. The summed E-state index contributed by atoms with van der Waals surface area (Å²) in [5.41, 5.74) is 1.60. The number of nitrogens with one attached hydrogen (secondary N) is 1. The van der Waals surface area contributed by atoms with Crippen molar-refractivity contribution < 1.29 is 23.5 Å². The van der Waals surface area contributed by atoms with Gasteiger partial charge in [-0.3, -0.25) is 9.69 Å². The number of benzene rings is 1. The molecule has 2 aromatic rings. The van der Waals surface area contributed by atoms with Gasteiger partial charge in [0.1, 0.15) is 16.4 Å². The van der Waals surface area contributed by atoms with Crippen LogP contribution in [0.4, 0.5) is 9.39 Å². The lowest BCUT2D eigenvalue weighted by molar-refractivity contribution is -0.117. The fraction of sp³-hybridized carbons (Fsp3) is 0.455. The number of morpholine rings is 1. The minimum atomic E-state index is -0.510. The largest absolute Gasteiger partial charge is 0.462 e. The molecule has 1 aromatic carbocycles. The molecule has 2 heterocycles. The van der Waals surface area contributed by atoms with Crippen LogP contribution in [0.25, 0.3) is 11.1 Å². The highest BCUT2D eigenvalue weighted by Gasteiger charge is 2.25. The maximum absolute atomic E-state index is 13.3. The van der Waals surface area contributed by atoms with Crippen molar-refractivity contribution in [2.75, 3.05) is 31.6 Å². The number of hydrogen-bond donors (Lipinski definition) is 1. The molecule has 1 aliphatic heterocycles. The van der Waals surface area contributed by atoms with Gasteiger partial charge in [-0.1, -0.05) is 12.1 Å². The molecule has 162 valence electrons. The first-order valence-corrected chi connectivity index (χ1v) is 11.0. The third-order valence-electron chi connectivity index (χ3n) is 4.83. The summed E-state index contributed by atoms with van der Waals surface area (Å²) in [7, 11) is 0. The lowest BCUT2D eigenvalue weighted by Gasteiger charge is -2.35. The molecule has 3 rings (SSSR count). The highest BCUT2D eigenvalue weighted by Crippen LogP contribution is 2.36. The lowest BCUT2D eigenvalue weighted by Crippen LogP contribution is -2.46. The van der Waals surface area contributed by atoms with Crippen LogP contribution in [0.1, 0.15) is 37.6 Å². The predicted molar refractivity (Wildman–Crippen MR) is 115 cm³/mol. The van der Waals surface area contributed by atoms with Gasteiger partial charge >= 0.3 is 5.97 Å². The number of amides is 1. The molecule has 0 saturated carbocycles. The molecule has 0 radical (unpaired) electrons. The molecule has 30 heavy (non-hydrogen) atoms. The fourth-order valence-corrected chi connectivity index (χ4v) is 4.59. The highest BCUT2D eigenvalue weighted by atomic mass is 32.1. The number of ether oxygens (including phenoxy) is 2. The van der Waals surface area contributed by atoms with Crippen molar-refractivity contribution in [2.45, 2.75) is 39.4 Å². The van der Waals surface area contributed by atoms with Crippen molar-refractivity contribution in [3.05, 3.63) is 41.0 Å². The van der Waals surface area contributed by atoms with E-state index < -0.39 is 5.97 Å². The zero-order valence-corrected chi connectivity index (χ0v) is 18.3. The van der Waals surface area contributed by atoms with E-state index in [0.717, 1.165) is 13.1 Å². The standard InChI is InChI=1S/C22H27FN2O4S/c1-4-28-22(27)20-18(16-5-7-17(23)8-6-16)13-30-21(20)24-19(26)9-10-25-11-14(2)29-15(3)12-25/h5-8,13-15H,4,9-12H2,1-3H3,(H,24,26). The second-order valence-electron chi connectivity index (χ2n) is 7.40. The van der Waals surface area contributed by atoms with Gasteiger partial charge < -0.3 is 14.8 Å². The molecule has 1 aliphatic rings. The number of esters is 1. The Bertz CT molecular complexity index is 874. The molecule has 2 atom stereocenters. The maximum Gasteiger partial charge on any atom is 0.341 e. The van der Waals surface area contributed by atoms with Crippen LogP contribution in [0.15, 0.2) is 29.6 Å². The average molecular weight is 435 g/mol. The average Bonchev–Trinajstić information content (AvgIpc) is 3.10. The molecule has 1 saturated heterocycles. The van der Waals surface area contributed by atoms with Crippen LogP contribution >= 0.6 is 11.3 Å². The molecule has 1 N–H and O–H groups in total. The van der Waals surface area contributed by atoms with E-state index in [0.29, 0.717) is 34.7 Å². The SMILES string of the molecule is CCOC(=O)c1c(-c2ccc(F)cc2)csc1NC(=O)CCN1CC(C)OC(C)C1. The topological polar surface area (TPSA) is 67.9 Å². The van der Waals surface area contributed by atoms with Gasteiger partial charge in [0.15, 0.2) is 0 Å². The summed E-state index contributed by atoms with van der Waals surface area (Å²) in [6.07, 6.45) is 0.594. The minimum absolute atomic E-state index is 0.141. The van der Waals surface area contributed by atoms with E-state index in [2.05, 4.69) is 10.2 Å². The first-order valence-electron chi connectivity index (χ1n) is 10.1. The second kappa shape index (κ2) is 10.1. The first kappa shape index (κ1) is 22.4. The predicted octanol–water partition coefficient (Wildman–Crippen LogP) is 4.17. The van der Waals surface area contributed by atoms with E-state index in [9.17, 15) is 14.0 Å². The van der Waals surface area contributed by atoms with Crippen LogP contribution < -0.4 is 5.32 Å². The molecule has 0 spiro atoms. The summed E-state index contributed by atoms with van der Waals surface area (Å²) in [5, 5.41) is 5.08. The van der Waals surface area contributed by atoms with Gasteiger partial charge in [0.2, 0.25) is 5.91 Å². The summed E-state index contributed by atoms with van der Waals surface area (Å²) >= 11 is 1.26. The molecule has 0 aliphatic carbocycles. The van der Waals surface area contributed by atoms with E-state index in [1.807, 2.05) is 13.8 Å². The number of rotatable bonds is 7. The van der Waals surface area contributed by atoms with Crippen molar-refractivity contribution in [3.63, 3.8) is 0 Å². The number of halogens is 1. The monoisotopic (exact) mass is 434 g/mol. The number of anilines is 1. The Morgan fingerprint density at radius 1 is 1.23 bits per heavy atom. The molecule has 1 fully saturated rings. The van der Waals surface area contributed by atoms with Crippen LogP contribution in [0, 0.1) is 5.82 Å². The van der Waals surface area contributed by atoms with E-state index in [1.54, 1.807) is 24.4 Å². The fourth-order valence-electron chi connectivity index (χ4n) is 3.61. The molecule has 0 bridgehead atoms. The number of thiophene rings is 1. The number of carbonyl (C=O) groups is 2. The maximum atomic E-state index is 13.3. The third-order valence-corrected chi connectivity index (χ3v) is 5.72. The normalized spacial score (nSPS) is 19.5. The molecule has 2 unspecified atom stereocenters. The van der Waals surface area contributed by atoms with Gasteiger partial charge in [0.25, 0.3) is 0 Å². The minimum Gasteiger partial charge on any atom is -0.462 e. The Hall–Kier alpha value is -2.29. The second-order valence-corrected chi connectivity index (χ2v) is 8.28. The summed E-state index contributed by atoms with van der Waals surface area (Å²) < 4.78 is 24.2. The van der Waals surface area contributed by atoms with E-state index in [-0.39, 0.29) is 30.5 Å². The molecule has 1 aromatic heterocycles. The van der Waals surface area contributed by atoms with Gasteiger partial charge in [-0.25, -0.2) is 9.18 Å². The smallest absolute Gasteiger partial charge is 0.341 e. The van der Waals surface area contributed by atoms with E-state index in [1.165, 1.54) is 23.5 Å². The van der Waals surface area contributed by atoms with Gasteiger partial charge in [0, 0.05) is 37.0 Å². The molecule has 8 heteroatoms. The van der Waals surface area contributed by atoms with Crippen LogP contribution in [-0.4, -0.2) is 55.2 Å². The Labute approximate surface area is 180 Å². The Balaban J connectivity index is 1.72. The Kier molecular flexibility index (Phi) is 7.58. The number of hydrogen-bond acceptors (Lipinski definition) is 6. The molecule has 1 amide bonds.